The predicted octanol–water partition coefficient (Wildman–Crippen LogP) is -2.69. The van der Waals surface area contributed by atoms with Crippen LogP contribution in [0.15, 0.2) is 17.5 Å². The van der Waals surface area contributed by atoms with Crippen molar-refractivity contribution in [1.29, 1.82) is 0 Å². The lowest BCUT2D eigenvalue weighted by atomic mass is 10.1. The van der Waals surface area contributed by atoms with Crippen LogP contribution in [0.25, 0.3) is 0 Å². The number of carbonyl (C=O) groups is 6. The van der Waals surface area contributed by atoms with Crippen molar-refractivity contribution >= 4 is 57.2 Å². The van der Waals surface area contributed by atoms with Gasteiger partial charge < -0.3 is 20.9 Å². The van der Waals surface area contributed by atoms with E-state index in [-0.39, 0.29) is 30.4 Å². The molecule has 1 unspecified atom stereocenters. The molecule has 1 aromatic rings. The molecule has 0 aliphatic carbocycles. The number of carbonyl (C=O) groups excluding carboxylic acids is 6. The Kier molecular flexibility index (Phi) is 8.26. The molecule has 196 valence electrons. The Morgan fingerprint density at radius 1 is 1.19 bits per heavy atom. The molecule has 1 aromatic heterocycles. The molecule has 0 aromatic carbocycles. The minimum atomic E-state index is -4.78. The monoisotopic (exact) mass is 544 g/mol. The second kappa shape index (κ2) is 11.0. The van der Waals surface area contributed by atoms with E-state index in [1.807, 2.05) is 0 Å². The largest absolute Gasteiger partial charge is 0.362 e. The van der Waals surface area contributed by atoms with Gasteiger partial charge >= 0.3 is 28.1 Å². The van der Waals surface area contributed by atoms with Crippen LogP contribution < -0.4 is 16.0 Å². The Morgan fingerprint density at radius 2 is 1.92 bits per heavy atom. The topological polar surface area (TPSA) is 203 Å². The van der Waals surface area contributed by atoms with Gasteiger partial charge in [-0.2, -0.15) is 8.42 Å². The summed E-state index contributed by atoms with van der Waals surface area (Å²) >= 11 is 1.34. The van der Waals surface area contributed by atoms with Crippen molar-refractivity contribution < 1.29 is 41.7 Å². The number of urea groups is 1. The second-order valence-electron chi connectivity index (χ2n) is 7.81. The van der Waals surface area contributed by atoms with Gasteiger partial charge in [-0.25, -0.2) is 9.10 Å². The van der Waals surface area contributed by atoms with Crippen LogP contribution in [-0.2, 0) is 40.7 Å². The third kappa shape index (κ3) is 6.16. The highest BCUT2D eigenvalue weighted by Gasteiger charge is 2.45. The summed E-state index contributed by atoms with van der Waals surface area (Å²) < 4.78 is 31.3. The maximum absolute atomic E-state index is 12.8. The number of piperazine rings is 1. The molecule has 4 N–H and O–H groups in total. The van der Waals surface area contributed by atoms with E-state index in [0.29, 0.717) is 4.90 Å². The molecule has 2 saturated heterocycles. The number of rotatable bonds is 9. The lowest BCUT2D eigenvalue weighted by molar-refractivity contribution is -0.153. The first-order valence-electron chi connectivity index (χ1n) is 10.7. The van der Waals surface area contributed by atoms with Crippen LogP contribution in [0.2, 0.25) is 0 Å². The van der Waals surface area contributed by atoms with Crippen LogP contribution in [0.1, 0.15) is 11.8 Å². The van der Waals surface area contributed by atoms with Crippen LogP contribution in [-0.4, -0.2) is 107 Å². The maximum atomic E-state index is 12.8. The molecule has 3 heterocycles. The van der Waals surface area contributed by atoms with Crippen molar-refractivity contribution in [3.05, 3.63) is 22.4 Å². The van der Waals surface area contributed by atoms with Crippen molar-refractivity contribution in [2.45, 2.75) is 25.4 Å². The number of nitrogens with zero attached hydrogens (tertiary/aromatic N) is 3. The molecular weight excluding hydrogens is 520 g/mol. The molecule has 17 heteroatoms. The van der Waals surface area contributed by atoms with Gasteiger partial charge in [0.2, 0.25) is 11.8 Å². The summed E-state index contributed by atoms with van der Waals surface area (Å²) in [5, 5.41) is 8.77. The highest BCUT2D eigenvalue weighted by Crippen LogP contribution is 2.14. The average Bonchev–Trinajstić information content (AvgIpc) is 3.32. The maximum Gasteiger partial charge on any atom is 0.362 e. The van der Waals surface area contributed by atoms with Gasteiger partial charge in [0.15, 0.2) is 0 Å². The van der Waals surface area contributed by atoms with Gasteiger partial charge in [-0.3, -0.25) is 33.4 Å². The minimum absolute atomic E-state index is 0.0103. The van der Waals surface area contributed by atoms with E-state index in [9.17, 15) is 37.2 Å². The van der Waals surface area contributed by atoms with Crippen molar-refractivity contribution in [2.24, 2.45) is 0 Å². The molecule has 0 bridgehead atoms. The summed E-state index contributed by atoms with van der Waals surface area (Å²) in [6, 6.07) is -0.346. The van der Waals surface area contributed by atoms with E-state index < -0.39 is 71.0 Å². The summed E-state index contributed by atoms with van der Waals surface area (Å²) in [4.78, 5) is 76.8. The molecule has 7 amide bonds. The smallest absolute Gasteiger partial charge is 0.353 e. The van der Waals surface area contributed by atoms with Crippen molar-refractivity contribution in [3.63, 3.8) is 0 Å². The van der Waals surface area contributed by atoms with Gasteiger partial charge in [0.25, 0.3) is 5.91 Å². The molecule has 15 nitrogen and oxygen atoms in total. The standard InChI is InChI=1S/C19H24N6O9S2/c1-2-23-5-6-24(18(30)17(23)29)19(31)22-12(9-20-14(26)8-11-4-3-7-35-11)15(27)21-13-10-25(16(13)28)36(32,33)34/h3-4,7,12-13H,2,5-6,8-10H2,1H3,(H,20,26)(H,21,27)(H,22,31)(H,32,33,34)/t12-,13?/m1/s1. The van der Waals surface area contributed by atoms with Gasteiger partial charge in [-0.05, 0) is 18.4 Å². The first kappa shape index (κ1) is 27.0. The van der Waals surface area contributed by atoms with E-state index in [1.165, 1.54) is 16.2 Å². The zero-order chi connectivity index (χ0) is 26.6. The van der Waals surface area contributed by atoms with E-state index in [4.69, 9.17) is 4.55 Å². The zero-order valence-corrected chi connectivity index (χ0v) is 20.6. The number of thiophene rings is 1. The first-order chi connectivity index (χ1) is 16.9. The van der Waals surface area contributed by atoms with Gasteiger partial charge in [-0.15, -0.1) is 11.3 Å². The number of amides is 7. The summed E-state index contributed by atoms with van der Waals surface area (Å²) in [6.45, 7) is 0.976. The molecule has 2 atom stereocenters. The van der Waals surface area contributed by atoms with E-state index in [2.05, 4.69) is 16.0 Å². The molecule has 36 heavy (non-hydrogen) atoms. The lowest BCUT2D eigenvalue weighted by Gasteiger charge is -2.36. The first-order valence-corrected chi connectivity index (χ1v) is 13.0. The Hall–Kier alpha value is -3.57. The number of hydrogen-bond acceptors (Lipinski definition) is 9. The summed E-state index contributed by atoms with van der Waals surface area (Å²) in [6.07, 6.45) is 0.0103. The van der Waals surface area contributed by atoms with Crippen LogP contribution in [0.3, 0.4) is 0 Å². The van der Waals surface area contributed by atoms with Crippen molar-refractivity contribution in [3.8, 4) is 0 Å². The number of β-lactam (4-membered cyclic amide) rings is 1. The average molecular weight is 545 g/mol. The number of likely N-dealkylation sites (N-methyl/N-ethyl adjacent to an activating group) is 1. The number of nitrogens with one attached hydrogen (secondary N) is 3. The Bertz CT molecular complexity index is 1170. The van der Waals surface area contributed by atoms with Gasteiger partial charge in [0.05, 0.1) is 13.0 Å². The minimum Gasteiger partial charge on any atom is -0.353 e. The summed E-state index contributed by atoms with van der Waals surface area (Å²) in [5.41, 5.74) is 0. The van der Waals surface area contributed by atoms with Crippen LogP contribution in [0, 0.1) is 0 Å². The third-order valence-corrected chi connectivity index (χ3v) is 7.22. The molecule has 0 spiro atoms. The molecule has 0 saturated carbocycles. The van der Waals surface area contributed by atoms with Crippen LogP contribution in [0.4, 0.5) is 4.79 Å². The van der Waals surface area contributed by atoms with Gasteiger partial charge in [0.1, 0.15) is 12.1 Å². The number of imide groups is 1. The Labute approximate surface area is 209 Å². The Morgan fingerprint density at radius 3 is 2.50 bits per heavy atom. The normalized spacial score (nSPS) is 19.0. The quantitative estimate of drug-likeness (QED) is 0.145. The van der Waals surface area contributed by atoms with Crippen LogP contribution in [0.5, 0.6) is 0 Å². The van der Waals surface area contributed by atoms with E-state index in [0.717, 1.165) is 4.88 Å². The molecule has 2 aliphatic rings. The fourth-order valence-corrected chi connectivity index (χ4v) is 4.83. The predicted molar refractivity (Wildman–Crippen MR) is 123 cm³/mol. The van der Waals surface area contributed by atoms with Crippen LogP contribution >= 0.6 is 11.3 Å². The van der Waals surface area contributed by atoms with Crippen molar-refractivity contribution in [2.75, 3.05) is 32.7 Å². The lowest BCUT2D eigenvalue weighted by Crippen LogP contribution is -2.68. The molecule has 2 fully saturated rings. The van der Waals surface area contributed by atoms with Gasteiger partial charge in [-0.1, -0.05) is 6.07 Å². The fraction of sp³-hybridized carbons (Fsp3) is 0.474. The summed E-state index contributed by atoms with van der Waals surface area (Å²) in [7, 11) is -4.78. The summed E-state index contributed by atoms with van der Waals surface area (Å²) in [5.74, 6) is -4.48. The fourth-order valence-electron chi connectivity index (χ4n) is 3.44. The molecule has 0 radical (unpaired) electrons. The van der Waals surface area contributed by atoms with E-state index >= 15 is 0 Å². The SMILES string of the molecule is CCN1CCN(C(=O)N[C@H](CNC(=O)Cc2cccs2)C(=O)NC2CN(S(=O)(=O)O)C2=O)C(=O)C1=O. The van der Waals surface area contributed by atoms with Gasteiger partial charge in [0, 0.05) is 31.1 Å². The zero-order valence-electron chi connectivity index (χ0n) is 19.0. The van der Waals surface area contributed by atoms with E-state index in [1.54, 1.807) is 24.4 Å². The molecule has 3 rings (SSSR count). The Balaban J connectivity index is 1.66. The highest BCUT2D eigenvalue weighted by molar-refractivity contribution is 7.84. The van der Waals surface area contributed by atoms with Crippen molar-refractivity contribution in [1.82, 2.24) is 30.1 Å². The molecular formula is C19H24N6O9S2. The highest BCUT2D eigenvalue weighted by atomic mass is 32.2. The molecule has 2 aliphatic heterocycles. The second-order valence-corrected chi connectivity index (χ2v) is 10.2. The third-order valence-electron chi connectivity index (χ3n) is 5.46. The number of hydrogen-bond donors (Lipinski definition) is 4.